The number of nitrogens with one attached hydrogen (secondary N) is 4. The Hall–Kier alpha value is -8.21. The van der Waals surface area contributed by atoms with E-state index < -0.39 is 35.6 Å². The van der Waals surface area contributed by atoms with Crippen molar-refractivity contribution in [2.45, 2.75) is 88.9 Å². The highest BCUT2D eigenvalue weighted by Crippen LogP contribution is 2.34. The average Bonchev–Trinajstić information content (AvgIpc) is 3.69. The first-order chi connectivity index (χ1) is 36.6. The Morgan fingerprint density at radius 3 is 2.17 bits per heavy atom. The van der Waals surface area contributed by atoms with Gasteiger partial charge in [0.2, 0.25) is 17.7 Å². The summed E-state index contributed by atoms with van der Waals surface area (Å²) < 4.78 is 23.0. The van der Waals surface area contributed by atoms with E-state index in [0.717, 1.165) is 78.0 Å². The number of hydrogen-bond acceptors (Lipinski definition) is 14. The topological polar surface area (TPSA) is 244 Å². The molecule has 4 N–H and O–H groups in total. The molecule has 1 saturated carbocycles. The van der Waals surface area contributed by atoms with Gasteiger partial charge in [-0.2, -0.15) is 5.26 Å². The van der Waals surface area contributed by atoms with Gasteiger partial charge in [-0.15, -0.1) is 0 Å². The number of unbranched alkanes of at least 4 members (excludes halogenated alkanes) is 2. The van der Waals surface area contributed by atoms with Crippen LogP contribution >= 0.6 is 0 Å². The van der Waals surface area contributed by atoms with E-state index in [9.17, 15) is 28.8 Å². The van der Waals surface area contributed by atoms with Crippen molar-refractivity contribution in [3.8, 4) is 28.8 Å². The molecule has 7 amide bonds. The van der Waals surface area contributed by atoms with Gasteiger partial charge in [-0.1, -0.05) is 48.5 Å². The van der Waals surface area contributed by atoms with Gasteiger partial charge in [0.15, 0.2) is 6.61 Å². The summed E-state index contributed by atoms with van der Waals surface area (Å²) in [5, 5.41) is 20.7. The van der Waals surface area contributed by atoms with E-state index in [1.807, 2.05) is 77.7 Å². The van der Waals surface area contributed by atoms with E-state index in [0.29, 0.717) is 64.0 Å². The molecule has 0 bridgehead atoms. The lowest BCUT2D eigenvalue weighted by molar-refractivity contribution is -0.136. The van der Waals surface area contributed by atoms with Crippen LogP contribution in [0, 0.1) is 11.3 Å². The molecule has 1 aliphatic carbocycles. The number of anilines is 2. The molecule has 2 aromatic heterocycles. The third-order valence-electron chi connectivity index (χ3n) is 13.2. The van der Waals surface area contributed by atoms with E-state index in [1.54, 1.807) is 18.5 Å². The number of aromatic nitrogens is 2. The second-order valence-corrected chi connectivity index (χ2v) is 18.4. The molecule has 19 nitrogen and oxygen atoms in total. The number of carbonyl (C=O) groups is 6. The molecule has 0 radical (unpaired) electrons. The molecular weight excluding hydrogens is 959 g/mol. The van der Waals surface area contributed by atoms with Crippen molar-refractivity contribution in [2.75, 3.05) is 56.4 Å². The summed E-state index contributed by atoms with van der Waals surface area (Å²) >= 11 is 0. The summed E-state index contributed by atoms with van der Waals surface area (Å²) in [4.78, 5) is 88.2. The lowest BCUT2D eigenvalue weighted by Gasteiger charge is -2.37. The molecule has 390 valence electrons. The highest BCUT2D eigenvalue weighted by atomic mass is 16.5. The van der Waals surface area contributed by atoms with Gasteiger partial charge in [-0.25, -0.2) is 14.8 Å². The Labute approximate surface area is 435 Å². The molecule has 19 heteroatoms. The maximum Gasteiger partial charge on any atom is 0.322 e. The summed E-state index contributed by atoms with van der Waals surface area (Å²) in [6.45, 7) is 2.93. The predicted molar refractivity (Wildman–Crippen MR) is 277 cm³/mol. The number of urea groups is 1. The number of amides is 7. The van der Waals surface area contributed by atoms with Crippen molar-refractivity contribution in [1.82, 2.24) is 30.8 Å². The normalized spacial score (nSPS) is 17.1. The van der Waals surface area contributed by atoms with Gasteiger partial charge in [-0.05, 0) is 111 Å². The number of fused-ring (bicyclic) bond motifs is 1. The van der Waals surface area contributed by atoms with Crippen molar-refractivity contribution in [1.29, 1.82) is 5.26 Å². The monoisotopic (exact) mass is 1020 g/mol. The Balaban J connectivity index is 0.674. The standard InChI is InChI=1S/C56H61N9O10/c57-33-39-13-24-48(59-35-39)62-42-17-21-44(22-18-42)64(56(71)61-34-38-9-2-1-3-10-38)43-19-14-40(15-20-43)41-16-26-51(60-36-41)74-32-31-73-30-7-6-29-72-28-5-4-27-58-50(67)37-75-47-12-8-11-45-52(47)55(70)65(54(45)69)46-23-25-49(66)63-53(46)68/h1-3,8-16,19-20,24,26,35-36,42,44,46H,4-7,17-18,21-23,25,27-32,34,37H2,(H,58,67)(H,59,62)(H,61,71)(H,63,66,68). The lowest BCUT2D eigenvalue weighted by atomic mass is 9.89. The fourth-order valence-corrected chi connectivity index (χ4v) is 9.21. The van der Waals surface area contributed by atoms with E-state index in [-0.39, 0.29) is 54.4 Å². The summed E-state index contributed by atoms with van der Waals surface area (Å²) in [5.74, 6) is -1.61. The zero-order valence-corrected chi connectivity index (χ0v) is 41.7. The van der Waals surface area contributed by atoms with Gasteiger partial charge < -0.3 is 34.9 Å². The number of hydrogen-bond donors (Lipinski definition) is 4. The molecule has 2 fully saturated rings. The molecular formula is C56H61N9O10. The molecule has 4 heterocycles. The molecule has 1 unspecified atom stereocenters. The van der Waals surface area contributed by atoms with E-state index in [1.165, 1.54) is 18.2 Å². The minimum Gasteiger partial charge on any atom is -0.483 e. The van der Waals surface area contributed by atoms with Crippen molar-refractivity contribution < 1.29 is 47.7 Å². The Morgan fingerprint density at radius 1 is 0.720 bits per heavy atom. The number of nitrogens with zero attached hydrogens (tertiary/aromatic N) is 5. The van der Waals surface area contributed by atoms with Crippen LogP contribution in [0.3, 0.4) is 0 Å². The van der Waals surface area contributed by atoms with Crippen LogP contribution in [-0.2, 0) is 30.4 Å². The number of nitriles is 1. The zero-order valence-electron chi connectivity index (χ0n) is 41.7. The number of benzene rings is 3. The second-order valence-electron chi connectivity index (χ2n) is 18.4. The van der Waals surface area contributed by atoms with Gasteiger partial charge in [0, 0.05) is 81.1 Å². The summed E-state index contributed by atoms with van der Waals surface area (Å²) in [6, 6.07) is 30.8. The first kappa shape index (κ1) is 53.1. The van der Waals surface area contributed by atoms with Gasteiger partial charge in [-0.3, -0.25) is 39.1 Å². The number of ether oxygens (including phenoxy) is 4. The molecule has 75 heavy (non-hydrogen) atoms. The zero-order chi connectivity index (χ0) is 52.4. The number of rotatable bonds is 25. The minimum absolute atomic E-state index is 0.00589. The predicted octanol–water partition coefficient (Wildman–Crippen LogP) is 6.72. The summed E-state index contributed by atoms with van der Waals surface area (Å²) in [7, 11) is 0. The van der Waals surface area contributed by atoms with Crippen molar-refractivity contribution in [2.24, 2.45) is 0 Å². The molecule has 3 aliphatic rings. The highest BCUT2D eigenvalue weighted by Gasteiger charge is 2.46. The van der Waals surface area contributed by atoms with Crippen LogP contribution in [0.1, 0.15) is 96.1 Å². The molecule has 3 aromatic carbocycles. The SMILES string of the molecule is N#Cc1ccc(NC2CCC(N(C(=O)NCc3ccccc3)c3ccc(-c4ccc(OCCOCCCCOCCCCNC(=O)COc5cccc6c5C(=O)N(C5CCC(=O)NC5=O)C6=O)nc4)cc3)CC2)nc1. The van der Waals surface area contributed by atoms with Gasteiger partial charge in [0.25, 0.3) is 17.7 Å². The van der Waals surface area contributed by atoms with Gasteiger partial charge >= 0.3 is 6.03 Å². The number of piperidine rings is 1. The Kier molecular flexibility index (Phi) is 18.9. The van der Waals surface area contributed by atoms with Crippen LogP contribution in [0.25, 0.3) is 11.1 Å². The number of carbonyl (C=O) groups excluding carboxylic acids is 6. The maximum atomic E-state index is 13.9. The number of pyridine rings is 2. The summed E-state index contributed by atoms with van der Waals surface area (Å²) in [5.41, 5.74) is 4.30. The molecule has 8 rings (SSSR count). The van der Waals surface area contributed by atoms with Crippen LogP contribution in [0.15, 0.2) is 109 Å². The molecule has 1 atom stereocenters. The van der Waals surface area contributed by atoms with Crippen LogP contribution in [-0.4, -0.2) is 115 Å². The Bertz CT molecular complexity index is 2800. The largest absolute Gasteiger partial charge is 0.483 e. The van der Waals surface area contributed by atoms with Gasteiger partial charge in [0.1, 0.15) is 30.3 Å². The number of imide groups is 2. The van der Waals surface area contributed by atoms with E-state index in [4.69, 9.17) is 24.2 Å². The maximum absolute atomic E-state index is 13.9. The van der Waals surface area contributed by atoms with Crippen LogP contribution in [0.2, 0.25) is 0 Å². The fraction of sp³-hybridized carbons (Fsp3) is 0.375. The van der Waals surface area contributed by atoms with Gasteiger partial charge in [0.05, 0.1) is 23.3 Å². The van der Waals surface area contributed by atoms with Crippen molar-refractivity contribution >= 4 is 47.1 Å². The van der Waals surface area contributed by atoms with Crippen LogP contribution in [0.5, 0.6) is 11.6 Å². The second kappa shape index (κ2) is 26.7. The van der Waals surface area contributed by atoms with Crippen LogP contribution in [0.4, 0.5) is 16.3 Å². The van der Waals surface area contributed by atoms with Crippen molar-refractivity contribution in [3.05, 3.63) is 132 Å². The van der Waals surface area contributed by atoms with Crippen LogP contribution < -0.4 is 35.6 Å². The molecule has 0 spiro atoms. The first-order valence-corrected chi connectivity index (χ1v) is 25.5. The fourth-order valence-electron chi connectivity index (χ4n) is 9.21. The molecule has 1 saturated heterocycles. The highest BCUT2D eigenvalue weighted by molar-refractivity contribution is 6.24. The molecule has 5 aromatic rings. The smallest absolute Gasteiger partial charge is 0.322 e. The third-order valence-corrected chi connectivity index (χ3v) is 13.2. The Morgan fingerprint density at radius 2 is 1.47 bits per heavy atom. The first-order valence-electron chi connectivity index (χ1n) is 25.5. The minimum atomic E-state index is -1.10. The average molecular weight is 1020 g/mol. The lowest BCUT2D eigenvalue weighted by Crippen LogP contribution is -2.54. The summed E-state index contributed by atoms with van der Waals surface area (Å²) in [6.07, 6.45) is 9.84. The van der Waals surface area contributed by atoms with E-state index in [2.05, 4.69) is 37.3 Å². The van der Waals surface area contributed by atoms with E-state index >= 15 is 0 Å². The third kappa shape index (κ3) is 14.5. The quantitative estimate of drug-likeness (QED) is 0.0350. The van der Waals surface area contributed by atoms with Crippen molar-refractivity contribution in [3.63, 3.8) is 0 Å². The molecule has 2 aliphatic heterocycles.